The van der Waals surface area contributed by atoms with Gasteiger partial charge >= 0.3 is 0 Å². The Morgan fingerprint density at radius 3 is 2.12 bits per heavy atom. The molecule has 0 radical (unpaired) electrons. The van der Waals surface area contributed by atoms with Gasteiger partial charge in [-0.1, -0.05) is 34.1 Å². The van der Waals surface area contributed by atoms with Gasteiger partial charge in [-0.3, -0.25) is 0 Å². The Bertz CT molecular complexity index is 1020. The molecular formula is C18H14BrFO2S2. The van der Waals surface area contributed by atoms with Crippen LogP contribution in [0, 0.1) is 12.7 Å². The molecule has 6 heteroatoms. The van der Waals surface area contributed by atoms with Crippen LogP contribution in [0.3, 0.4) is 0 Å². The fraction of sp³-hybridized carbons (Fsp3) is 0.111. The molecule has 0 aliphatic heterocycles. The third-order valence-corrected chi connectivity index (χ3v) is 6.52. The maximum atomic E-state index is 14.2. The van der Waals surface area contributed by atoms with E-state index in [9.17, 15) is 12.8 Å². The van der Waals surface area contributed by atoms with E-state index in [-0.39, 0.29) is 4.90 Å². The molecule has 0 unspecified atom stereocenters. The van der Waals surface area contributed by atoms with Gasteiger partial charge in [0, 0.05) is 21.9 Å². The summed E-state index contributed by atoms with van der Waals surface area (Å²) >= 11 is 5.06. The van der Waals surface area contributed by atoms with Crippen LogP contribution in [0.15, 0.2) is 56.5 Å². The van der Waals surface area contributed by atoms with Gasteiger partial charge in [0.05, 0.1) is 0 Å². The minimum atomic E-state index is -3.57. The molecule has 0 saturated heterocycles. The van der Waals surface area contributed by atoms with Crippen molar-refractivity contribution in [3.63, 3.8) is 0 Å². The van der Waals surface area contributed by atoms with Crippen LogP contribution in [-0.4, -0.2) is 14.7 Å². The molecular weight excluding hydrogens is 411 g/mol. The van der Waals surface area contributed by atoms with Crippen molar-refractivity contribution < 1.29 is 12.8 Å². The van der Waals surface area contributed by atoms with Crippen molar-refractivity contribution in [1.82, 2.24) is 0 Å². The van der Waals surface area contributed by atoms with E-state index >= 15 is 0 Å². The van der Waals surface area contributed by atoms with E-state index in [0.29, 0.717) is 5.56 Å². The topological polar surface area (TPSA) is 34.1 Å². The Morgan fingerprint density at radius 2 is 1.58 bits per heavy atom. The number of hydrogen-bond acceptors (Lipinski definition) is 3. The largest absolute Gasteiger partial charge is 0.224 e. The van der Waals surface area contributed by atoms with E-state index in [1.807, 2.05) is 35.9 Å². The van der Waals surface area contributed by atoms with Crippen LogP contribution in [0.2, 0.25) is 0 Å². The molecule has 0 atom stereocenters. The SMILES string of the molecule is Cc1ccc(-c2cscc2-c2ccc(S(C)(=O)=O)c(F)c2)cc1Br. The Morgan fingerprint density at radius 1 is 1.00 bits per heavy atom. The summed E-state index contributed by atoms with van der Waals surface area (Å²) in [4.78, 5) is -0.277. The van der Waals surface area contributed by atoms with E-state index in [1.54, 1.807) is 6.07 Å². The number of hydrogen-bond donors (Lipinski definition) is 0. The Hall–Kier alpha value is -1.50. The van der Waals surface area contributed by atoms with Crippen LogP contribution >= 0.6 is 27.3 Å². The van der Waals surface area contributed by atoms with Gasteiger partial charge in [-0.25, -0.2) is 12.8 Å². The summed E-state index contributed by atoms with van der Waals surface area (Å²) in [5.41, 5.74) is 4.70. The minimum Gasteiger partial charge on any atom is -0.224 e. The molecule has 3 rings (SSSR count). The standard InChI is InChI=1S/C18H14BrFO2S2/c1-11-3-4-12(7-16(11)19)14-9-23-10-15(14)13-5-6-18(17(20)8-13)24(2,21)22/h3-10H,1-2H3. The van der Waals surface area contributed by atoms with Crippen molar-refractivity contribution in [3.05, 3.63) is 63.0 Å². The van der Waals surface area contributed by atoms with Crippen molar-refractivity contribution in [2.45, 2.75) is 11.8 Å². The van der Waals surface area contributed by atoms with Crippen molar-refractivity contribution in [1.29, 1.82) is 0 Å². The number of aryl methyl sites for hydroxylation is 1. The Kier molecular flexibility index (Phi) is 4.64. The van der Waals surface area contributed by atoms with Gasteiger partial charge in [-0.15, -0.1) is 0 Å². The molecule has 2 nitrogen and oxygen atoms in total. The lowest BCUT2D eigenvalue weighted by Gasteiger charge is -2.08. The third-order valence-electron chi connectivity index (χ3n) is 3.79. The number of benzene rings is 2. The predicted molar refractivity (Wildman–Crippen MR) is 101 cm³/mol. The Balaban J connectivity index is 2.11. The van der Waals surface area contributed by atoms with Gasteiger partial charge < -0.3 is 0 Å². The zero-order valence-electron chi connectivity index (χ0n) is 13.0. The highest BCUT2D eigenvalue weighted by Crippen LogP contribution is 2.37. The van der Waals surface area contributed by atoms with Crippen LogP contribution in [0.5, 0.6) is 0 Å². The molecule has 124 valence electrons. The van der Waals surface area contributed by atoms with E-state index in [2.05, 4.69) is 15.9 Å². The van der Waals surface area contributed by atoms with Crippen LogP contribution in [0.4, 0.5) is 4.39 Å². The molecule has 1 heterocycles. The lowest BCUT2D eigenvalue weighted by Crippen LogP contribution is -2.00. The van der Waals surface area contributed by atoms with Crippen LogP contribution in [0.25, 0.3) is 22.3 Å². The summed E-state index contributed by atoms with van der Waals surface area (Å²) in [7, 11) is -3.57. The minimum absolute atomic E-state index is 0.277. The normalized spacial score (nSPS) is 11.7. The summed E-state index contributed by atoms with van der Waals surface area (Å²) in [6.45, 7) is 2.02. The van der Waals surface area contributed by atoms with Crippen molar-refractivity contribution in [2.24, 2.45) is 0 Å². The molecule has 0 aliphatic carbocycles. The van der Waals surface area contributed by atoms with E-state index in [1.165, 1.54) is 23.5 Å². The van der Waals surface area contributed by atoms with Gasteiger partial charge in [-0.05, 0) is 52.6 Å². The molecule has 0 bridgehead atoms. The summed E-state index contributed by atoms with van der Waals surface area (Å²) in [5.74, 6) is -0.725. The smallest absolute Gasteiger partial charge is 0.178 e. The van der Waals surface area contributed by atoms with E-state index in [4.69, 9.17) is 0 Å². The number of halogens is 2. The number of thiophene rings is 1. The van der Waals surface area contributed by atoms with Crippen molar-refractivity contribution >= 4 is 37.1 Å². The molecule has 2 aromatic carbocycles. The van der Waals surface area contributed by atoms with Gasteiger partial charge in [0.1, 0.15) is 10.7 Å². The second-order valence-electron chi connectivity index (χ2n) is 5.58. The molecule has 0 spiro atoms. The molecule has 24 heavy (non-hydrogen) atoms. The number of sulfone groups is 1. The maximum absolute atomic E-state index is 14.2. The van der Waals surface area contributed by atoms with Gasteiger partial charge in [0.2, 0.25) is 0 Å². The molecule has 0 saturated carbocycles. The van der Waals surface area contributed by atoms with E-state index in [0.717, 1.165) is 33.0 Å². The first-order valence-corrected chi connectivity index (χ1v) is 10.7. The van der Waals surface area contributed by atoms with Gasteiger partial charge in [-0.2, -0.15) is 11.3 Å². The fourth-order valence-electron chi connectivity index (χ4n) is 2.47. The second-order valence-corrected chi connectivity index (χ2v) is 9.16. The average Bonchev–Trinajstić information content (AvgIpc) is 2.98. The van der Waals surface area contributed by atoms with Crippen LogP contribution in [-0.2, 0) is 9.84 Å². The van der Waals surface area contributed by atoms with Crippen LogP contribution < -0.4 is 0 Å². The monoisotopic (exact) mass is 424 g/mol. The third kappa shape index (κ3) is 3.31. The molecule has 0 fully saturated rings. The quantitative estimate of drug-likeness (QED) is 0.540. The number of rotatable bonds is 3. The summed E-state index contributed by atoms with van der Waals surface area (Å²) < 4.78 is 38.3. The van der Waals surface area contributed by atoms with Crippen molar-refractivity contribution in [3.8, 4) is 22.3 Å². The zero-order valence-corrected chi connectivity index (χ0v) is 16.2. The zero-order chi connectivity index (χ0) is 17.5. The Labute approximate surface area is 153 Å². The summed E-state index contributed by atoms with van der Waals surface area (Å²) in [6, 6.07) is 10.3. The summed E-state index contributed by atoms with van der Waals surface area (Å²) in [6.07, 6.45) is 1.00. The first kappa shape index (κ1) is 17.3. The first-order valence-electron chi connectivity index (χ1n) is 7.10. The average molecular weight is 425 g/mol. The predicted octanol–water partition coefficient (Wildman–Crippen LogP) is 5.70. The van der Waals surface area contributed by atoms with Crippen LogP contribution in [0.1, 0.15) is 5.56 Å². The lowest BCUT2D eigenvalue weighted by atomic mass is 9.98. The molecule has 0 amide bonds. The fourth-order valence-corrected chi connectivity index (χ4v) is 4.45. The summed E-state index contributed by atoms with van der Waals surface area (Å²) in [5, 5.41) is 3.95. The lowest BCUT2D eigenvalue weighted by molar-refractivity contribution is 0.571. The maximum Gasteiger partial charge on any atom is 0.178 e. The molecule has 1 aromatic heterocycles. The van der Waals surface area contributed by atoms with E-state index < -0.39 is 15.7 Å². The molecule has 3 aromatic rings. The highest BCUT2D eigenvalue weighted by Gasteiger charge is 2.16. The highest BCUT2D eigenvalue weighted by atomic mass is 79.9. The first-order chi connectivity index (χ1) is 11.3. The molecule has 0 aliphatic rings. The van der Waals surface area contributed by atoms with Gasteiger partial charge in [0.25, 0.3) is 0 Å². The molecule has 0 N–H and O–H groups in total. The van der Waals surface area contributed by atoms with Gasteiger partial charge in [0.15, 0.2) is 9.84 Å². The highest BCUT2D eigenvalue weighted by molar-refractivity contribution is 9.10. The van der Waals surface area contributed by atoms with Crippen molar-refractivity contribution in [2.75, 3.05) is 6.26 Å². The second kappa shape index (κ2) is 6.43.